The van der Waals surface area contributed by atoms with Gasteiger partial charge in [-0.05, 0) is 48.2 Å². The lowest BCUT2D eigenvalue weighted by Crippen LogP contribution is -2.38. The van der Waals surface area contributed by atoms with Crippen molar-refractivity contribution < 1.29 is 14.6 Å². The quantitative estimate of drug-likeness (QED) is 0.851. The predicted octanol–water partition coefficient (Wildman–Crippen LogP) is 3.05. The van der Waals surface area contributed by atoms with E-state index in [0.717, 1.165) is 50.1 Å². The highest BCUT2D eigenvalue weighted by Gasteiger charge is 2.55. The minimum absolute atomic E-state index is 0.0375. The van der Waals surface area contributed by atoms with Gasteiger partial charge < -0.3 is 20.5 Å². The summed E-state index contributed by atoms with van der Waals surface area (Å²) in [4.78, 5) is 17.8. The molecule has 3 aliphatic rings. The molecule has 1 aromatic heterocycles. The molecular weight excluding hydrogens is 354 g/mol. The Morgan fingerprint density at radius 3 is 2.68 bits per heavy atom. The molecule has 6 nitrogen and oxygen atoms in total. The van der Waals surface area contributed by atoms with Crippen LogP contribution >= 0.6 is 0 Å². The molecule has 28 heavy (non-hydrogen) atoms. The Morgan fingerprint density at radius 1 is 1.21 bits per heavy atom. The Balaban J connectivity index is 1.36. The molecule has 0 spiro atoms. The minimum atomic E-state index is -1.06. The molecule has 0 bridgehead atoms. The fourth-order valence-corrected chi connectivity index (χ4v) is 4.58. The number of fused-ring (bicyclic) bond motifs is 1. The average Bonchev–Trinajstić information content (AvgIpc) is 3.30. The molecule has 2 fully saturated rings. The molecule has 3 N–H and O–H groups in total. The molecule has 0 amide bonds. The Hall–Kier alpha value is -2.86. The van der Waals surface area contributed by atoms with Gasteiger partial charge in [-0.2, -0.15) is 0 Å². The Morgan fingerprint density at radius 2 is 1.96 bits per heavy atom. The topological polar surface area (TPSA) is 88.7 Å². The van der Waals surface area contributed by atoms with Gasteiger partial charge in [0.15, 0.2) is 0 Å². The number of hydrogen-bond donors (Lipinski definition) is 2. The van der Waals surface area contributed by atoms with Crippen LogP contribution in [0.2, 0.25) is 0 Å². The normalized spacial score (nSPS) is 24.0. The van der Waals surface area contributed by atoms with Gasteiger partial charge >= 0.3 is 5.97 Å². The number of hydrogen-bond acceptors (Lipinski definition) is 5. The lowest BCUT2D eigenvalue weighted by Gasteiger charge is -2.33. The third kappa shape index (κ3) is 2.76. The third-order valence-electron chi connectivity index (χ3n) is 6.34. The van der Waals surface area contributed by atoms with Crippen molar-refractivity contribution in [2.24, 2.45) is 0 Å². The first-order valence-electron chi connectivity index (χ1n) is 9.71. The summed E-state index contributed by atoms with van der Waals surface area (Å²) >= 11 is 0. The summed E-state index contributed by atoms with van der Waals surface area (Å²) in [6.45, 7) is 2.78. The zero-order valence-corrected chi connectivity index (χ0v) is 15.6. The van der Waals surface area contributed by atoms with Crippen LogP contribution < -0.4 is 5.73 Å². The fourth-order valence-electron chi connectivity index (χ4n) is 4.58. The largest absolute Gasteiger partial charge is 0.478 e. The van der Waals surface area contributed by atoms with Crippen LogP contribution in [0.4, 0.5) is 5.82 Å². The Kier molecular flexibility index (Phi) is 3.91. The van der Waals surface area contributed by atoms with E-state index in [0.29, 0.717) is 6.04 Å². The van der Waals surface area contributed by atoms with Gasteiger partial charge in [-0.3, -0.25) is 0 Å². The molecule has 5 rings (SSSR count). The van der Waals surface area contributed by atoms with Gasteiger partial charge in [0.1, 0.15) is 11.4 Å². The number of nitrogen functional groups attached to an aromatic ring is 1. The molecule has 0 radical (unpaired) electrons. The van der Waals surface area contributed by atoms with E-state index in [9.17, 15) is 9.90 Å². The number of pyridine rings is 1. The second kappa shape index (κ2) is 6.34. The van der Waals surface area contributed by atoms with Crippen molar-refractivity contribution in [2.45, 2.75) is 30.7 Å². The lowest BCUT2D eigenvalue weighted by atomic mass is 9.93. The third-order valence-corrected chi connectivity index (χ3v) is 6.34. The number of carbonyl (C=O) groups is 1. The molecule has 0 unspecified atom stereocenters. The van der Waals surface area contributed by atoms with Gasteiger partial charge in [-0.25, -0.2) is 9.78 Å². The number of aromatic nitrogens is 1. The summed E-state index contributed by atoms with van der Waals surface area (Å²) in [5, 5.41) is 9.26. The monoisotopic (exact) mass is 377 g/mol. The van der Waals surface area contributed by atoms with Gasteiger partial charge in [-0.1, -0.05) is 24.3 Å². The van der Waals surface area contributed by atoms with Crippen LogP contribution in [0.3, 0.4) is 0 Å². The summed E-state index contributed by atoms with van der Waals surface area (Å²) in [6.07, 6.45) is 7.34. The van der Waals surface area contributed by atoms with E-state index >= 15 is 0 Å². The molecule has 6 heteroatoms. The van der Waals surface area contributed by atoms with E-state index < -0.39 is 5.97 Å². The zero-order chi connectivity index (χ0) is 19.3. The van der Waals surface area contributed by atoms with E-state index in [-0.39, 0.29) is 16.8 Å². The summed E-state index contributed by atoms with van der Waals surface area (Å²) in [7, 11) is 0. The van der Waals surface area contributed by atoms with Crippen LogP contribution in [0.15, 0.2) is 48.3 Å². The zero-order valence-electron chi connectivity index (χ0n) is 15.6. The molecule has 2 aliphatic heterocycles. The summed E-state index contributed by atoms with van der Waals surface area (Å²) in [5.74, 6) is -1.02. The number of anilines is 1. The number of benzene rings is 1. The van der Waals surface area contributed by atoms with Gasteiger partial charge in [-0.15, -0.1) is 0 Å². The minimum Gasteiger partial charge on any atom is -0.478 e. The maximum atomic E-state index is 11.3. The molecule has 2 aromatic rings. The fraction of sp³-hybridized carbons (Fsp3) is 0.364. The molecule has 1 atom stereocenters. The van der Waals surface area contributed by atoms with Crippen LogP contribution in [-0.2, 0) is 10.2 Å². The number of nitrogens with zero attached hydrogens (tertiary/aromatic N) is 2. The summed E-state index contributed by atoms with van der Waals surface area (Å²) in [6, 6.07) is 10.6. The van der Waals surface area contributed by atoms with E-state index in [1.807, 2.05) is 0 Å². The number of carboxylic acid groups (broad SMARTS) is 1. The molecule has 1 aliphatic carbocycles. The molecule has 3 heterocycles. The van der Waals surface area contributed by atoms with Crippen molar-refractivity contribution in [3.63, 3.8) is 0 Å². The van der Waals surface area contributed by atoms with E-state index in [1.165, 1.54) is 11.1 Å². The van der Waals surface area contributed by atoms with E-state index in [1.54, 1.807) is 12.3 Å². The lowest BCUT2D eigenvalue weighted by molar-refractivity contribution is 0.0493. The number of carboxylic acids is 1. The first-order valence-corrected chi connectivity index (χ1v) is 9.71. The second-order valence-corrected chi connectivity index (χ2v) is 7.97. The van der Waals surface area contributed by atoms with Crippen molar-refractivity contribution in [1.82, 2.24) is 9.88 Å². The van der Waals surface area contributed by atoms with Gasteiger partial charge in [0.25, 0.3) is 0 Å². The summed E-state index contributed by atoms with van der Waals surface area (Å²) < 4.78 is 5.50. The van der Waals surface area contributed by atoms with Gasteiger partial charge in [0.2, 0.25) is 0 Å². The van der Waals surface area contributed by atoms with Gasteiger partial charge in [0.05, 0.1) is 0 Å². The van der Waals surface area contributed by atoms with E-state index in [4.69, 9.17) is 10.5 Å². The first-order chi connectivity index (χ1) is 13.6. The SMILES string of the molecule is Nc1ncc(-c2ccc([C@@]34CC3=CN(C3CCOCC3)C4)cc2)cc1C(=O)O. The number of rotatable bonds is 4. The molecule has 1 aromatic carbocycles. The molecule has 144 valence electrons. The Labute approximate surface area is 163 Å². The maximum absolute atomic E-state index is 11.3. The van der Waals surface area contributed by atoms with Crippen molar-refractivity contribution in [3.8, 4) is 11.1 Å². The molecule has 1 saturated heterocycles. The van der Waals surface area contributed by atoms with Crippen LogP contribution in [0.1, 0.15) is 35.2 Å². The number of nitrogens with two attached hydrogens (primary N) is 1. The van der Waals surface area contributed by atoms with Crippen molar-refractivity contribution in [3.05, 3.63) is 59.4 Å². The smallest absolute Gasteiger partial charge is 0.339 e. The highest BCUT2D eigenvalue weighted by atomic mass is 16.5. The van der Waals surface area contributed by atoms with Crippen LogP contribution in [0, 0.1) is 0 Å². The summed E-state index contributed by atoms with van der Waals surface area (Å²) in [5.41, 5.74) is 10.4. The van der Waals surface area contributed by atoms with Gasteiger partial charge in [0, 0.05) is 43.0 Å². The Bertz CT molecular complexity index is 963. The number of ether oxygens (including phenoxy) is 1. The highest BCUT2D eigenvalue weighted by Crippen LogP contribution is 2.58. The average molecular weight is 377 g/mol. The molecular formula is C22H23N3O3. The standard InChI is InChI=1S/C22H23N3O3/c23-20-19(21(26)27)9-15(11-24-20)14-1-3-16(4-2-14)22-10-17(22)12-25(13-22)18-5-7-28-8-6-18/h1-4,9,11-12,18H,5-8,10,13H2,(H2,23,24)(H,26,27)/t22-/m0/s1. The first kappa shape index (κ1) is 17.3. The van der Waals surface area contributed by atoms with Crippen molar-refractivity contribution in [1.29, 1.82) is 0 Å². The van der Waals surface area contributed by atoms with E-state index in [2.05, 4.69) is 40.3 Å². The maximum Gasteiger partial charge on any atom is 0.339 e. The van der Waals surface area contributed by atoms with Crippen LogP contribution in [0.25, 0.3) is 11.1 Å². The highest BCUT2D eigenvalue weighted by molar-refractivity contribution is 5.94. The van der Waals surface area contributed by atoms with Crippen molar-refractivity contribution >= 4 is 11.8 Å². The van der Waals surface area contributed by atoms with Crippen LogP contribution in [0.5, 0.6) is 0 Å². The van der Waals surface area contributed by atoms with Crippen molar-refractivity contribution in [2.75, 3.05) is 25.5 Å². The molecule has 1 saturated carbocycles. The second-order valence-electron chi connectivity index (χ2n) is 7.97. The predicted molar refractivity (Wildman–Crippen MR) is 106 cm³/mol. The van der Waals surface area contributed by atoms with Crippen LogP contribution in [-0.4, -0.2) is 46.8 Å². The number of aromatic carboxylic acids is 1.